The Morgan fingerprint density at radius 3 is 1.25 bits per heavy atom. The molecule has 0 spiro atoms. The molecule has 0 aliphatic heterocycles. The number of rotatable bonds is 4. The van der Waals surface area contributed by atoms with Crippen molar-refractivity contribution in [2.24, 2.45) is 0 Å². The van der Waals surface area contributed by atoms with Crippen LogP contribution < -0.4 is 0 Å². The highest BCUT2D eigenvalue weighted by molar-refractivity contribution is 4.53. The van der Waals surface area contributed by atoms with E-state index in [2.05, 4.69) is 20.8 Å². The van der Waals surface area contributed by atoms with E-state index in [1.807, 2.05) is 13.8 Å². The normalized spacial score (nSPS) is 12.5. The second-order valence-corrected chi connectivity index (χ2v) is 3.59. The summed E-state index contributed by atoms with van der Waals surface area (Å²) >= 11 is 0. The van der Waals surface area contributed by atoms with E-state index in [9.17, 15) is 5.11 Å². The predicted octanol–water partition coefficient (Wildman–Crippen LogP) is 1.41. The predicted molar refractivity (Wildman–Crippen MR) is 50.1 cm³/mol. The molecule has 0 aliphatic rings. The first-order valence-corrected chi connectivity index (χ1v) is 4.52. The van der Waals surface area contributed by atoms with Gasteiger partial charge in [0.05, 0.1) is 19.6 Å². The summed E-state index contributed by atoms with van der Waals surface area (Å²) in [5.74, 6) is 0. The molecule has 0 aromatic heterocycles. The second-order valence-electron chi connectivity index (χ2n) is 3.59. The van der Waals surface area contributed by atoms with Gasteiger partial charge in [0, 0.05) is 13.8 Å². The molecule has 0 rings (SSSR count). The van der Waals surface area contributed by atoms with Crippen LogP contribution in [-0.2, 0) is 0 Å². The Morgan fingerprint density at radius 1 is 1.00 bits per heavy atom. The van der Waals surface area contributed by atoms with Gasteiger partial charge in [0.1, 0.15) is 0 Å². The van der Waals surface area contributed by atoms with Crippen LogP contribution in [0.15, 0.2) is 0 Å². The molecule has 3 nitrogen and oxygen atoms in total. The third kappa shape index (κ3) is 2.44. The average Bonchev–Trinajstić information content (AvgIpc) is 1.90. The molecule has 0 atom stereocenters. The average molecular weight is 177 g/mol. The lowest BCUT2D eigenvalue weighted by atomic mass is 10.1. The van der Waals surface area contributed by atoms with E-state index in [0.29, 0.717) is 0 Å². The lowest BCUT2D eigenvalue weighted by molar-refractivity contribution is -0.991. The van der Waals surface area contributed by atoms with Crippen LogP contribution >= 0.6 is 0 Å². The first-order chi connectivity index (χ1) is 4.93. The van der Waals surface area contributed by atoms with Crippen LogP contribution in [0, 0.1) is 0 Å². The van der Waals surface area contributed by atoms with E-state index < -0.39 is 5.72 Å². The van der Waals surface area contributed by atoms with Crippen molar-refractivity contribution in [2.45, 2.75) is 40.3 Å². The van der Waals surface area contributed by atoms with Gasteiger partial charge in [-0.2, -0.15) is 0 Å². The van der Waals surface area contributed by atoms with E-state index in [1.54, 1.807) is 0 Å². The molecule has 3 heteroatoms. The van der Waals surface area contributed by atoms with E-state index in [4.69, 9.17) is 0 Å². The topological polar surface area (TPSA) is 50.2 Å². The zero-order chi connectivity index (χ0) is 9.12. The number of hydrogen-bond donors (Lipinski definition) is 1. The zero-order valence-electron chi connectivity index (χ0n) is 8.96. The highest BCUT2D eigenvalue weighted by atomic mass is 16.3. The zero-order valence-corrected chi connectivity index (χ0v) is 8.96. The summed E-state index contributed by atoms with van der Waals surface area (Å²) in [6, 6.07) is 0. The van der Waals surface area contributed by atoms with Crippen LogP contribution in [0.1, 0.15) is 34.6 Å². The standard InChI is InChI=1S/C9H22NO.H2O/c1-6-10(7-2,8-3)9(4,5)11;/h11H,6-8H2,1-5H3;1H2/q+1;/p-1. The van der Waals surface area contributed by atoms with Gasteiger partial charge in [0.15, 0.2) is 5.72 Å². The SMILES string of the molecule is CC[N+](CC)(CC)C(C)(C)O.[OH-]. The quantitative estimate of drug-likeness (QED) is 0.521. The smallest absolute Gasteiger partial charge is 0.194 e. The molecular weight excluding hydrogens is 154 g/mol. The molecule has 0 radical (unpaired) electrons. The van der Waals surface area contributed by atoms with Crippen molar-refractivity contribution in [3.8, 4) is 0 Å². The minimum absolute atomic E-state index is 0. The third-order valence-electron chi connectivity index (χ3n) is 2.98. The van der Waals surface area contributed by atoms with Crippen molar-refractivity contribution < 1.29 is 15.1 Å². The lowest BCUT2D eigenvalue weighted by Gasteiger charge is -2.45. The fourth-order valence-corrected chi connectivity index (χ4v) is 1.83. The summed E-state index contributed by atoms with van der Waals surface area (Å²) < 4.78 is 0.785. The molecule has 0 heterocycles. The lowest BCUT2D eigenvalue weighted by Crippen LogP contribution is -2.61. The molecule has 76 valence electrons. The van der Waals surface area contributed by atoms with E-state index in [1.165, 1.54) is 0 Å². The first-order valence-electron chi connectivity index (χ1n) is 4.52. The van der Waals surface area contributed by atoms with Gasteiger partial charge >= 0.3 is 0 Å². The Hall–Kier alpha value is -0.120. The summed E-state index contributed by atoms with van der Waals surface area (Å²) in [5, 5.41) is 9.90. The molecule has 0 bridgehead atoms. The van der Waals surface area contributed by atoms with Crippen molar-refractivity contribution in [1.29, 1.82) is 0 Å². The Kier molecular flexibility index (Phi) is 5.76. The van der Waals surface area contributed by atoms with Crippen LogP contribution in [0.2, 0.25) is 0 Å². The van der Waals surface area contributed by atoms with Crippen LogP contribution in [0.5, 0.6) is 0 Å². The van der Waals surface area contributed by atoms with Gasteiger partial charge < -0.3 is 10.6 Å². The maximum atomic E-state index is 9.90. The van der Waals surface area contributed by atoms with Gasteiger partial charge in [-0.25, -0.2) is 0 Å². The molecule has 0 fully saturated rings. The highest BCUT2D eigenvalue weighted by Gasteiger charge is 2.37. The molecule has 0 aromatic rings. The molecule has 12 heavy (non-hydrogen) atoms. The Balaban J connectivity index is 0. The van der Waals surface area contributed by atoms with Gasteiger partial charge in [0.25, 0.3) is 0 Å². The van der Waals surface area contributed by atoms with Crippen molar-refractivity contribution in [2.75, 3.05) is 19.6 Å². The maximum absolute atomic E-state index is 9.90. The van der Waals surface area contributed by atoms with Crippen LogP contribution in [0.3, 0.4) is 0 Å². The fourth-order valence-electron chi connectivity index (χ4n) is 1.83. The largest absolute Gasteiger partial charge is 0.870 e. The van der Waals surface area contributed by atoms with Gasteiger partial charge in [-0.15, -0.1) is 0 Å². The Bertz CT molecular complexity index is 106. The van der Waals surface area contributed by atoms with Crippen molar-refractivity contribution in [1.82, 2.24) is 0 Å². The Labute approximate surface area is 75.9 Å². The van der Waals surface area contributed by atoms with Crippen molar-refractivity contribution in [3.63, 3.8) is 0 Å². The molecule has 0 aromatic carbocycles. The summed E-state index contributed by atoms with van der Waals surface area (Å²) in [5.41, 5.74) is -0.599. The van der Waals surface area contributed by atoms with Gasteiger partial charge in [-0.05, 0) is 20.8 Å². The minimum Gasteiger partial charge on any atom is -0.870 e. The van der Waals surface area contributed by atoms with E-state index in [0.717, 1.165) is 24.1 Å². The number of nitrogens with zero attached hydrogens (tertiary/aromatic N) is 1. The fraction of sp³-hybridized carbons (Fsp3) is 1.00. The highest BCUT2D eigenvalue weighted by Crippen LogP contribution is 2.20. The number of hydrogen-bond acceptors (Lipinski definition) is 2. The number of aliphatic hydroxyl groups is 1. The second kappa shape index (κ2) is 4.80. The monoisotopic (exact) mass is 177 g/mol. The van der Waals surface area contributed by atoms with Crippen molar-refractivity contribution in [3.05, 3.63) is 0 Å². The minimum atomic E-state index is -0.599. The molecule has 0 amide bonds. The molecule has 0 unspecified atom stereocenters. The third-order valence-corrected chi connectivity index (χ3v) is 2.98. The molecule has 0 saturated carbocycles. The summed E-state index contributed by atoms with van der Waals surface area (Å²) in [6.07, 6.45) is 0. The van der Waals surface area contributed by atoms with Crippen LogP contribution in [0.4, 0.5) is 0 Å². The van der Waals surface area contributed by atoms with Crippen molar-refractivity contribution >= 4 is 0 Å². The summed E-state index contributed by atoms with van der Waals surface area (Å²) in [7, 11) is 0. The molecule has 0 aliphatic carbocycles. The number of quaternary nitrogens is 1. The molecule has 2 N–H and O–H groups in total. The first kappa shape index (κ1) is 14.4. The van der Waals surface area contributed by atoms with Gasteiger partial charge in [0.2, 0.25) is 0 Å². The van der Waals surface area contributed by atoms with E-state index in [-0.39, 0.29) is 5.48 Å². The van der Waals surface area contributed by atoms with Crippen LogP contribution in [-0.4, -0.2) is 40.4 Å². The van der Waals surface area contributed by atoms with Gasteiger partial charge in [-0.1, -0.05) is 0 Å². The van der Waals surface area contributed by atoms with Crippen LogP contribution in [0.25, 0.3) is 0 Å². The summed E-state index contributed by atoms with van der Waals surface area (Å²) in [6.45, 7) is 13.2. The molecule has 0 saturated heterocycles. The molecular formula is C9H23NO2. The maximum Gasteiger partial charge on any atom is 0.194 e. The van der Waals surface area contributed by atoms with E-state index >= 15 is 0 Å². The summed E-state index contributed by atoms with van der Waals surface area (Å²) in [4.78, 5) is 0. The Morgan fingerprint density at radius 2 is 1.25 bits per heavy atom. The van der Waals surface area contributed by atoms with Gasteiger partial charge in [-0.3, -0.25) is 4.48 Å².